The summed E-state index contributed by atoms with van der Waals surface area (Å²) in [6.45, 7) is 0.748. The van der Waals surface area contributed by atoms with Crippen LogP contribution in [0.25, 0.3) is 0 Å². The van der Waals surface area contributed by atoms with E-state index in [1.54, 1.807) is 29.4 Å². The van der Waals surface area contributed by atoms with E-state index in [2.05, 4.69) is 9.97 Å². The lowest BCUT2D eigenvalue weighted by molar-refractivity contribution is 0.0722. The van der Waals surface area contributed by atoms with Crippen molar-refractivity contribution in [3.63, 3.8) is 0 Å². The molecule has 4 rings (SSSR count). The van der Waals surface area contributed by atoms with E-state index in [4.69, 9.17) is 5.14 Å². The molecule has 0 saturated carbocycles. The van der Waals surface area contributed by atoms with Gasteiger partial charge in [-0.3, -0.25) is 4.79 Å². The topological polar surface area (TPSA) is 129 Å². The molecule has 0 spiro atoms. The van der Waals surface area contributed by atoms with Crippen LogP contribution in [0.5, 0.6) is 5.75 Å². The fourth-order valence-electron chi connectivity index (χ4n) is 3.45. The number of phenolic OH excluding ortho intramolecular Hbond substituents is 1. The van der Waals surface area contributed by atoms with Crippen LogP contribution in [0.3, 0.4) is 0 Å². The first kappa shape index (κ1) is 18.2. The number of aromatic nitrogens is 2. The van der Waals surface area contributed by atoms with Crippen molar-refractivity contribution in [3.05, 3.63) is 77.4 Å². The molecule has 0 aliphatic carbocycles. The summed E-state index contributed by atoms with van der Waals surface area (Å²) in [7, 11) is -3.81. The molecule has 8 nitrogen and oxygen atoms in total. The largest absolute Gasteiger partial charge is 0.508 e. The second kappa shape index (κ2) is 6.77. The number of nitrogens with two attached hydrogens (primary N) is 1. The van der Waals surface area contributed by atoms with Gasteiger partial charge in [-0.1, -0.05) is 12.1 Å². The highest BCUT2D eigenvalue weighted by Crippen LogP contribution is 2.33. The molecular weight excluding hydrogens is 380 g/mol. The first-order valence-electron chi connectivity index (χ1n) is 8.56. The Labute approximate surface area is 161 Å². The normalized spacial score (nSPS) is 16.6. The van der Waals surface area contributed by atoms with Crippen LogP contribution in [0, 0.1) is 0 Å². The molecule has 2 heterocycles. The van der Waals surface area contributed by atoms with Gasteiger partial charge < -0.3 is 15.0 Å². The molecule has 3 aromatic rings. The number of amides is 1. The van der Waals surface area contributed by atoms with E-state index in [-0.39, 0.29) is 22.5 Å². The first-order valence-corrected chi connectivity index (χ1v) is 10.1. The van der Waals surface area contributed by atoms with E-state index in [0.717, 1.165) is 17.0 Å². The molecule has 1 aliphatic heterocycles. The summed E-state index contributed by atoms with van der Waals surface area (Å²) < 4.78 is 22.8. The van der Waals surface area contributed by atoms with Crippen LogP contribution in [0.4, 0.5) is 0 Å². The maximum atomic E-state index is 13.0. The van der Waals surface area contributed by atoms with E-state index >= 15 is 0 Å². The van der Waals surface area contributed by atoms with E-state index in [0.29, 0.717) is 18.7 Å². The average molecular weight is 398 g/mol. The Morgan fingerprint density at radius 2 is 1.96 bits per heavy atom. The summed E-state index contributed by atoms with van der Waals surface area (Å²) >= 11 is 0. The number of fused-ring (bicyclic) bond motifs is 1. The Kier molecular flexibility index (Phi) is 4.40. The predicted octanol–water partition coefficient (Wildman–Crippen LogP) is 1.55. The lowest BCUT2D eigenvalue weighted by atomic mass is 9.90. The molecule has 1 aromatic heterocycles. The van der Waals surface area contributed by atoms with E-state index < -0.39 is 10.0 Å². The fraction of sp³-hybridized carbons (Fsp3) is 0.158. The number of nitrogens with one attached hydrogen (secondary N) is 1. The number of rotatable bonds is 3. The Balaban J connectivity index is 1.65. The van der Waals surface area contributed by atoms with E-state index in [1.165, 1.54) is 24.3 Å². The minimum absolute atomic E-state index is 0.0452. The number of sulfonamides is 1. The number of aromatic amines is 1. The third kappa shape index (κ3) is 3.37. The number of H-pyrrole nitrogens is 1. The van der Waals surface area contributed by atoms with Gasteiger partial charge in [0.25, 0.3) is 5.91 Å². The van der Waals surface area contributed by atoms with Crippen molar-refractivity contribution in [2.75, 3.05) is 6.54 Å². The van der Waals surface area contributed by atoms with Crippen molar-refractivity contribution in [1.82, 2.24) is 14.9 Å². The van der Waals surface area contributed by atoms with Crippen LogP contribution >= 0.6 is 0 Å². The molecule has 1 amide bonds. The van der Waals surface area contributed by atoms with Crippen molar-refractivity contribution < 1.29 is 18.3 Å². The van der Waals surface area contributed by atoms with Crippen LogP contribution in [-0.2, 0) is 16.6 Å². The van der Waals surface area contributed by atoms with Crippen molar-refractivity contribution in [3.8, 4) is 5.75 Å². The standard InChI is InChI=1S/C19H18N4O4S/c20-28(26,27)15-6-4-12(5-7-15)19(25)23-9-16(13-2-1-3-14(24)8-13)18-17(10-23)21-11-22-18/h1-8,11,16,24H,9-10H2,(H,21,22)(H2,20,26,27). The molecule has 0 radical (unpaired) electrons. The van der Waals surface area contributed by atoms with E-state index in [1.807, 2.05) is 6.07 Å². The summed E-state index contributed by atoms with van der Waals surface area (Å²) in [6.07, 6.45) is 1.59. The fourth-order valence-corrected chi connectivity index (χ4v) is 3.97. The van der Waals surface area contributed by atoms with Gasteiger partial charge in [0.15, 0.2) is 0 Å². The van der Waals surface area contributed by atoms with Crippen molar-refractivity contribution >= 4 is 15.9 Å². The predicted molar refractivity (Wildman–Crippen MR) is 101 cm³/mol. The molecule has 9 heteroatoms. The maximum absolute atomic E-state index is 13.0. The summed E-state index contributed by atoms with van der Waals surface area (Å²) in [4.78, 5) is 22.1. The Bertz CT molecular complexity index is 1140. The number of primary sulfonamides is 1. The van der Waals surface area contributed by atoms with E-state index in [9.17, 15) is 18.3 Å². The highest BCUT2D eigenvalue weighted by Gasteiger charge is 2.32. The van der Waals surface area contributed by atoms with Crippen molar-refractivity contribution in [2.45, 2.75) is 17.4 Å². The molecule has 1 aliphatic rings. The lowest BCUT2D eigenvalue weighted by Gasteiger charge is -2.32. The maximum Gasteiger partial charge on any atom is 0.254 e. The Morgan fingerprint density at radius 3 is 2.64 bits per heavy atom. The lowest BCUT2D eigenvalue weighted by Crippen LogP contribution is -2.38. The quantitative estimate of drug-likeness (QED) is 0.616. The number of nitrogens with zero attached hydrogens (tertiary/aromatic N) is 2. The van der Waals surface area contributed by atoms with Gasteiger partial charge in [0.05, 0.1) is 29.2 Å². The molecule has 144 valence electrons. The molecule has 4 N–H and O–H groups in total. The average Bonchev–Trinajstić information content (AvgIpc) is 3.14. The van der Waals surface area contributed by atoms with Crippen LogP contribution < -0.4 is 5.14 Å². The van der Waals surface area contributed by atoms with Crippen LogP contribution in [0.15, 0.2) is 59.8 Å². The van der Waals surface area contributed by atoms with Crippen LogP contribution in [0.2, 0.25) is 0 Å². The Hall–Kier alpha value is -3.17. The molecule has 28 heavy (non-hydrogen) atoms. The monoisotopic (exact) mass is 398 g/mol. The summed E-state index contributed by atoms with van der Waals surface area (Å²) in [5.41, 5.74) is 2.90. The van der Waals surface area contributed by atoms with Gasteiger partial charge in [-0.25, -0.2) is 18.5 Å². The highest BCUT2D eigenvalue weighted by molar-refractivity contribution is 7.89. The van der Waals surface area contributed by atoms with Crippen molar-refractivity contribution in [2.24, 2.45) is 5.14 Å². The second-order valence-corrected chi connectivity index (χ2v) is 8.23. The highest BCUT2D eigenvalue weighted by atomic mass is 32.2. The minimum atomic E-state index is -3.81. The number of imidazole rings is 1. The van der Waals surface area contributed by atoms with Gasteiger partial charge >= 0.3 is 0 Å². The molecule has 0 fully saturated rings. The SMILES string of the molecule is NS(=O)(=O)c1ccc(C(=O)N2Cc3[nH]cnc3C(c3cccc(O)c3)C2)cc1. The zero-order chi connectivity index (χ0) is 19.9. The number of benzene rings is 2. The first-order chi connectivity index (χ1) is 13.3. The smallest absolute Gasteiger partial charge is 0.254 e. The second-order valence-electron chi connectivity index (χ2n) is 6.67. The molecule has 1 unspecified atom stereocenters. The van der Waals surface area contributed by atoms with Gasteiger partial charge in [0, 0.05) is 18.0 Å². The number of carbonyl (C=O) groups is 1. The van der Waals surface area contributed by atoms with Crippen LogP contribution in [-0.4, -0.2) is 40.8 Å². The number of hydrogen-bond acceptors (Lipinski definition) is 5. The minimum Gasteiger partial charge on any atom is -0.508 e. The molecule has 0 saturated heterocycles. The number of carbonyl (C=O) groups excluding carboxylic acids is 1. The number of hydrogen-bond donors (Lipinski definition) is 3. The zero-order valence-corrected chi connectivity index (χ0v) is 15.6. The summed E-state index contributed by atoms with van der Waals surface area (Å²) in [6, 6.07) is 12.4. The van der Waals surface area contributed by atoms with Gasteiger partial charge in [-0.05, 0) is 42.0 Å². The molecule has 0 bridgehead atoms. The van der Waals surface area contributed by atoms with Gasteiger partial charge in [-0.15, -0.1) is 0 Å². The Morgan fingerprint density at radius 1 is 1.21 bits per heavy atom. The van der Waals surface area contributed by atoms with Gasteiger partial charge in [0.1, 0.15) is 5.75 Å². The molecular formula is C19H18N4O4S. The third-order valence-electron chi connectivity index (χ3n) is 4.82. The summed E-state index contributed by atoms with van der Waals surface area (Å²) in [5, 5.41) is 14.9. The number of phenols is 1. The van der Waals surface area contributed by atoms with Gasteiger partial charge in [0.2, 0.25) is 10.0 Å². The van der Waals surface area contributed by atoms with Gasteiger partial charge in [-0.2, -0.15) is 0 Å². The zero-order valence-electron chi connectivity index (χ0n) is 14.7. The molecule has 2 aromatic carbocycles. The van der Waals surface area contributed by atoms with Crippen LogP contribution in [0.1, 0.15) is 33.2 Å². The summed E-state index contributed by atoms with van der Waals surface area (Å²) in [5.74, 6) is -0.266. The van der Waals surface area contributed by atoms with Crippen molar-refractivity contribution in [1.29, 1.82) is 0 Å². The number of aromatic hydroxyl groups is 1. The third-order valence-corrected chi connectivity index (χ3v) is 5.75. The molecule has 1 atom stereocenters.